The highest BCUT2D eigenvalue weighted by atomic mass is 32.2. The summed E-state index contributed by atoms with van der Waals surface area (Å²) in [7, 11) is -1.08. The lowest BCUT2D eigenvalue weighted by Crippen LogP contribution is -2.15. The first kappa shape index (κ1) is 9.42. The Morgan fingerprint density at radius 3 is 2.50 bits per heavy atom. The van der Waals surface area contributed by atoms with E-state index in [1.54, 1.807) is 6.92 Å². The van der Waals surface area contributed by atoms with Crippen LogP contribution in [0.1, 0.15) is 6.92 Å². The highest BCUT2D eigenvalue weighted by Gasteiger charge is 2.10. The molecule has 0 radical (unpaired) electrons. The van der Waals surface area contributed by atoms with Crippen molar-refractivity contribution in [1.82, 2.24) is 0 Å². The monoisotopic (exact) mass is 184 g/mol. The molecule has 0 spiro atoms. The molecule has 12 heavy (non-hydrogen) atoms. The lowest BCUT2D eigenvalue weighted by atomic mass is 10.4. The van der Waals surface area contributed by atoms with Crippen LogP contribution in [0.15, 0.2) is 35.2 Å². The highest BCUT2D eigenvalue weighted by Crippen LogP contribution is 2.09. The lowest BCUT2D eigenvalue weighted by molar-refractivity contribution is 0.298. The van der Waals surface area contributed by atoms with Crippen LogP contribution in [0.3, 0.4) is 0 Å². The molecule has 0 aromatic heterocycles. The maximum absolute atomic E-state index is 11.5. The summed E-state index contributed by atoms with van der Waals surface area (Å²) < 4.78 is 11.5. The maximum atomic E-state index is 11.5. The van der Waals surface area contributed by atoms with Gasteiger partial charge in [-0.2, -0.15) is 0 Å². The number of hydrogen-bond acceptors (Lipinski definition) is 2. The van der Waals surface area contributed by atoms with Gasteiger partial charge in [-0.15, -0.1) is 0 Å². The first-order valence-corrected chi connectivity index (χ1v) is 5.03. The van der Waals surface area contributed by atoms with E-state index in [9.17, 15) is 4.21 Å². The van der Waals surface area contributed by atoms with Gasteiger partial charge in [0.25, 0.3) is 0 Å². The Kier molecular flexibility index (Phi) is 3.44. The first-order chi connectivity index (χ1) is 5.75. The van der Waals surface area contributed by atoms with Crippen LogP contribution < -0.4 is 0 Å². The zero-order valence-electron chi connectivity index (χ0n) is 6.93. The number of rotatable bonds is 3. The molecule has 0 bridgehead atoms. The van der Waals surface area contributed by atoms with Crippen molar-refractivity contribution in [2.45, 2.75) is 17.1 Å². The van der Waals surface area contributed by atoms with E-state index in [-0.39, 0.29) is 11.9 Å². The molecule has 1 N–H and O–H groups in total. The average molecular weight is 184 g/mol. The minimum absolute atomic E-state index is 0.0402. The Balaban J connectivity index is 2.79. The van der Waals surface area contributed by atoms with Crippen molar-refractivity contribution in [1.29, 1.82) is 0 Å². The van der Waals surface area contributed by atoms with Gasteiger partial charge in [0.2, 0.25) is 0 Å². The largest absolute Gasteiger partial charge is 0.395 e. The van der Waals surface area contributed by atoms with E-state index in [4.69, 9.17) is 5.11 Å². The van der Waals surface area contributed by atoms with Gasteiger partial charge in [0, 0.05) is 4.90 Å². The van der Waals surface area contributed by atoms with Gasteiger partial charge in [0.15, 0.2) is 0 Å². The Hall–Kier alpha value is -0.670. The summed E-state index contributed by atoms with van der Waals surface area (Å²) in [5.74, 6) is 0. The van der Waals surface area contributed by atoms with Crippen molar-refractivity contribution >= 4 is 10.8 Å². The molecular formula is C9H12O2S. The molecule has 0 heterocycles. The fourth-order valence-corrected chi connectivity index (χ4v) is 1.88. The number of hydrogen-bond donors (Lipinski definition) is 1. The molecule has 1 unspecified atom stereocenters. The molecule has 1 aromatic carbocycles. The van der Waals surface area contributed by atoms with Gasteiger partial charge in [-0.05, 0) is 19.1 Å². The van der Waals surface area contributed by atoms with Gasteiger partial charge in [0.1, 0.15) is 0 Å². The van der Waals surface area contributed by atoms with Gasteiger partial charge in [0.05, 0.1) is 22.7 Å². The predicted octanol–water partition coefficient (Wildman–Crippen LogP) is 1.18. The van der Waals surface area contributed by atoms with E-state index in [2.05, 4.69) is 0 Å². The molecular weight excluding hydrogens is 172 g/mol. The summed E-state index contributed by atoms with van der Waals surface area (Å²) in [6.07, 6.45) is 0. The molecule has 0 saturated heterocycles. The van der Waals surface area contributed by atoms with Crippen LogP contribution in [0.4, 0.5) is 0 Å². The SMILES string of the molecule is C[C@@H](CO)S(=O)c1ccccc1. The van der Waals surface area contributed by atoms with Crippen molar-refractivity contribution in [2.24, 2.45) is 0 Å². The zero-order chi connectivity index (χ0) is 8.97. The third-order valence-electron chi connectivity index (χ3n) is 1.60. The van der Waals surface area contributed by atoms with Crippen LogP contribution in [0.5, 0.6) is 0 Å². The van der Waals surface area contributed by atoms with Crippen molar-refractivity contribution in [2.75, 3.05) is 6.61 Å². The van der Waals surface area contributed by atoms with Crippen molar-refractivity contribution in [3.8, 4) is 0 Å². The maximum Gasteiger partial charge on any atom is 0.0597 e. The van der Waals surface area contributed by atoms with Crippen molar-refractivity contribution in [3.05, 3.63) is 30.3 Å². The van der Waals surface area contributed by atoms with Gasteiger partial charge in [-0.1, -0.05) is 18.2 Å². The fraction of sp³-hybridized carbons (Fsp3) is 0.333. The second-order valence-corrected chi connectivity index (χ2v) is 4.47. The van der Waals surface area contributed by atoms with Crippen molar-refractivity contribution < 1.29 is 9.32 Å². The quantitative estimate of drug-likeness (QED) is 0.765. The van der Waals surface area contributed by atoms with Crippen molar-refractivity contribution in [3.63, 3.8) is 0 Å². The second kappa shape index (κ2) is 4.38. The van der Waals surface area contributed by atoms with Crippen LogP contribution in [0.2, 0.25) is 0 Å². The summed E-state index contributed by atoms with van der Waals surface area (Å²) in [5, 5.41) is 8.59. The number of benzene rings is 1. The topological polar surface area (TPSA) is 37.3 Å². The summed E-state index contributed by atoms with van der Waals surface area (Å²) in [5.41, 5.74) is 0. The number of aliphatic hydroxyl groups is 1. The smallest absolute Gasteiger partial charge is 0.0597 e. The third kappa shape index (κ3) is 2.16. The third-order valence-corrected chi connectivity index (χ3v) is 3.21. The second-order valence-electron chi connectivity index (χ2n) is 2.60. The molecule has 0 aliphatic rings. The Morgan fingerprint density at radius 1 is 1.42 bits per heavy atom. The molecule has 1 rings (SSSR count). The molecule has 0 saturated carbocycles. The minimum atomic E-state index is -1.08. The summed E-state index contributed by atoms with van der Waals surface area (Å²) >= 11 is 0. The average Bonchev–Trinajstić information content (AvgIpc) is 2.17. The fourth-order valence-electron chi connectivity index (χ4n) is 0.855. The summed E-state index contributed by atoms with van der Waals surface area (Å²) in [4.78, 5) is 0.777. The molecule has 0 aliphatic carbocycles. The molecule has 3 heteroatoms. The Morgan fingerprint density at radius 2 is 2.00 bits per heavy atom. The molecule has 1 aromatic rings. The standard InChI is InChI=1S/C9H12O2S/c1-8(7-10)12(11)9-5-3-2-4-6-9/h2-6,8,10H,7H2,1H3/t8-,12?/m0/s1. The zero-order valence-corrected chi connectivity index (χ0v) is 7.75. The molecule has 66 valence electrons. The van der Waals surface area contributed by atoms with Crippen LogP contribution in [0.25, 0.3) is 0 Å². The van der Waals surface area contributed by atoms with E-state index < -0.39 is 10.8 Å². The van der Waals surface area contributed by atoms with Crippen LogP contribution in [0, 0.1) is 0 Å². The van der Waals surface area contributed by atoms with E-state index in [0.717, 1.165) is 4.90 Å². The van der Waals surface area contributed by atoms with Crippen LogP contribution in [-0.2, 0) is 10.8 Å². The number of aliphatic hydroxyl groups excluding tert-OH is 1. The molecule has 2 atom stereocenters. The predicted molar refractivity (Wildman–Crippen MR) is 49.4 cm³/mol. The Bertz CT molecular complexity index is 258. The molecule has 0 amide bonds. The van der Waals surface area contributed by atoms with Gasteiger partial charge < -0.3 is 5.11 Å². The van der Waals surface area contributed by atoms with E-state index in [1.165, 1.54) is 0 Å². The molecule has 0 fully saturated rings. The van der Waals surface area contributed by atoms with E-state index in [0.29, 0.717) is 0 Å². The van der Waals surface area contributed by atoms with Crippen LogP contribution in [-0.4, -0.2) is 21.2 Å². The summed E-state index contributed by atoms with van der Waals surface area (Å²) in [6.45, 7) is 1.73. The Labute approximate surface area is 74.7 Å². The first-order valence-electron chi connectivity index (χ1n) is 3.82. The molecule has 0 aliphatic heterocycles. The van der Waals surface area contributed by atoms with Gasteiger partial charge in [-0.3, -0.25) is 4.21 Å². The van der Waals surface area contributed by atoms with Gasteiger partial charge in [-0.25, -0.2) is 0 Å². The van der Waals surface area contributed by atoms with E-state index in [1.807, 2.05) is 30.3 Å². The molecule has 2 nitrogen and oxygen atoms in total. The van der Waals surface area contributed by atoms with E-state index >= 15 is 0 Å². The minimum Gasteiger partial charge on any atom is -0.395 e. The van der Waals surface area contributed by atoms with Crippen LogP contribution >= 0.6 is 0 Å². The normalized spacial score (nSPS) is 15.5. The summed E-state index contributed by atoms with van der Waals surface area (Å²) in [6, 6.07) is 9.18. The highest BCUT2D eigenvalue weighted by molar-refractivity contribution is 7.85. The lowest BCUT2D eigenvalue weighted by Gasteiger charge is -2.06. The van der Waals surface area contributed by atoms with Gasteiger partial charge >= 0.3 is 0 Å².